The molecule has 2 heterocycles. The van der Waals surface area contributed by atoms with Gasteiger partial charge in [0.05, 0.1) is 16.0 Å². The number of anilines is 1. The highest BCUT2D eigenvalue weighted by Crippen LogP contribution is 2.29. The minimum atomic E-state index is -0.191. The SMILES string of the molecule is CC(C)c1nnc(NC(=O)CSc2nc3ccccc3s2)o1. The van der Waals surface area contributed by atoms with E-state index in [1.54, 1.807) is 11.3 Å². The Morgan fingerprint density at radius 3 is 2.91 bits per heavy atom. The van der Waals surface area contributed by atoms with E-state index in [0.29, 0.717) is 5.89 Å². The Kier molecular flexibility index (Phi) is 4.39. The molecule has 0 unspecified atom stereocenters. The first kappa shape index (κ1) is 15.0. The molecule has 0 spiro atoms. The molecular weight excluding hydrogens is 320 g/mol. The number of hydrogen-bond acceptors (Lipinski definition) is 7. The Labute approximate surface area is 135 Å². The molecule has 0 saturated carbocycles. The van der Waals surface area contributed by atoms with E-state index in [1.165, 1.54) is 11.8 Å². The third-order valence-corrected chi connectivity index (χ3v) is 4.96. The molecule has 22 heavy (non-hydrogen) atoms. The Bertz CT molecular complexity index is 764. The molecule has 1 aromatic carbocycles. The van der Waals surface area contributed by atoms with Crippen LogP contribution in [0.2, 0.25) is 0 Å². The number of rotatable bonds is 5. The quantitative estimate of drug-likeness (QED) is 0.719. The summed E-state index contributed by atoms with van der Waals surface area (Å²) in [5.74, 6) is 0.701. The van der Waals surface area contributed by atoms with Crippen LogP contribution in [-0.4, -0.2) is 26.8 Å². The third-order valence-electron chi connectivity index (χ3n) is 2.78. The molecule has 3 aromatic rings. The fourth-order valence-electron chi connectivity index (χ4n) is 1.71. The number of nitrogens with zero attached hydrogens (tertiary/aromatic N) is 3. The summed E-state index contributed by atoms with van der Waals surface area (Å²) in [5.41, 5.74) is 0.953. The topological polar surface area (TPSA) is 80.9 Å². The lowest BCUT2D eigenvalue weighted by Crippen LogP contribution is -2.14. The molecule has 3 rings (SSSR count). The predicted molar refractivity (Wildman–Crippen MR) is 87.4 cm³/mol. The van der Waals surface area contributed by atoms with E-state index >= 15 is 0 Å². The molecule has 0 fully saturated rings. The standard InChI is InChI=1S/C14H14N4O2S2/c1-8(2)12-17-18-13(20-12)16-11(19)7-21-14-15-9-5-3-4-6-10(9)22-14/h3-6,8H,7H2,1-2H3,(H,16,18,19). The predicted octanol–water partition coefficient (Wildman–Crippen LogP) is 3.53. The summed E-state index contributed by atoms with van der Waals surface area (Å²) in [6.45, 7) is 3.89. The lowest BCUT2D eigenvalue weighted by Gasteiger charge is -1.98. The van der Waals surface area contributed by atoms with Crippen molar-refractivity contribution in [3.8, 4) is 0 Å². The Hall–Kier alpha value is -1.93. The van der Waals surface area contributed by atoms with E-state index in [-0.39, 0.29) is 23.6 Å². The normalized spacial score (nSPS) is 11.2. The van der Waals surface area contributed by atoms with Crippen LogP contribution in [-0.2, 0) is 4.79 Å². The maximum Gasteiger partial charge on any atom is 0.322 e. The second kappa shape index (κ2) is 6.45. The minimum Gasteiger partial charge on any atom is -0.408 e. The van der Waals surface area contributed by atoms with Crippen molar-refractivity contribution >= 4 is 45.2 Å². The van der Waals surface area contributed by atoms with E-state index in [9.17, 15) is 4.79 Å². The van der Waals surface area contributed by atoms with Crippen molar-refractivity contribution in [2.24, 2.45) is 0 Å². The van der Waals surface area contributed by atoms with Gasteiger partial charge in [-0.2, -0.15) is 0 Å². The maximum absolute atomic E-state index is 11.9. The van der Waals surface area contributed by atoms with Crippen molar-refractivity contribution in [3.05, 3.63) is 30.2 Å². The molecule has 0 atom stereocenters. The fourth-order valence-corrected chi connectivity index (χ4v) is 3.58. The number of carbonyl (C=O) groups is 1. The van der Waals surface area contributed by atoms with Gasteiger partial charge in [0.15, 0.2) is 4.34 Å². The van der Waals surface area contributed by atoms with Crippen molar-refractivity contribution in [2.75, 3.05) is 11.1 Å². The van der Waals surface area contributed by atoms with E-state index in [2.05, 4.69) is 20.5 Å². The van der Waals surface area contributed by atoms with E-state index in [0.717, 1.165) is 14.6 Å². The Balaban J connectivity index is 1.57. The number of nitrogens with one attached hydrogen (secondary N) is 1. The third kappa shape index (κ3) is 3.45. The molecule has 0 bridgehead atoms. The molecule has 1 amide bonds. The molecule has 0 radical (unpaired) electrons. The van der Waals surface area contributed by atoms with Gasteiger partial charge in [0.1, 0.15) is 0 Å². The molecule has 0 aliphatic heterocycles. The number of fused-ring (bicyclic) bond motifs is 1. The minimum absolute atomic E-state index is 0.135. The zero-order valence-electron chi connectivity index (χ0n) is 12.1. The number of thioether (sulfide) groups is 1. The first-order chi connectivity index (χ1) is 10.6. The van der Waals surface area contributed by atoms with Crippen LogP contribution in [0.5, 0.6) is 0 Å². The van der Waals surface area contributed by atoms with Crippen molar-refractivity contribution < 1.29 is 9.21 Å². The molecule has 6 nitrogen and oxygen atoms in total. The van der Waals surface area contributed by atoms with Gasteiger partial charge in [0.2, 0.25) is 11.8 Å². The average molecular weight is 334 g/mol. The summed E-state index contributed by atoms with van der Waals surface area (Å²) in [5, 5.41) is 10.3. The van der Waals surface area contributed by atoms with Gasteiger partial charge in [0, 0.05) is 5.92 Å². The lowest BCUT2D eigenvalue weighted by molar-refractivity contribution is -0.113. The second-order valence-corrected chi connectivity index (χ2v) is 7.14. The van der Waals surface area contributed by atoms with Crippen LogP contribution < -0.4 is 5.32 Å². The number of carbonyl (C=O) groups excluding carboxylic acids is 1. The van der Waals surface area contributed by atoms with Crippen LogP contribution in [0.1, 0.15) is 25.7 Å². The number of para-hydroxylation sites is 1. The number of amides is 1. The molecule has 0 saturated heterocycles. The zero-order valence-corrected chi connectivity index (χ0v) is 13.7. The van der Waals surface area contributed by atoms with Crippen LogP contribution in [0, 0.1) is 0 Å². The van der Waals surface area contributed by atoms with Gasteiger partial charge in [-0.25, -0.2) is 4.98 Å². The average Bonchev–Trinajstić information content (AvgIpc) is 3.11. The molecule has 114 valence electrons. The van der Waals surface area contributed by atoms with Gasteiger partial charge >= 0.3 is 6.01 Å². The van der Waals surface area contributed by atoms with Crippen molar-refractivity contribution in [1.29, 1.82) is 0 Å². The van der Waals surface area contributed by atoms with Crippen LogP contribution in [0.4, 0.5) is 6.01 Å². The molecular formula is C14H14N4O2S2. The zero-order chi connectivity index (χ0) is 15.5. The van der Waals surface area contributed by atoms with Crippen LogP contribution in [0.15, 0.2) is 33.0 Å². The fraction of sp³-hybridized carbons (Fsp3) is 0.286. The smallest absolute Gasteiger partial charge is 0.322 e. The summed E-state index contributed by atoms with van der Waals surface area (Å²) >= 11 is 2.97. The molecule has 0 aliphatic rings. The number of aromatic nitrogens is 3. The summed E-state index contributed by atoms with van der Waals surface area (Å²) in [6, 6.07) is 8.04. The Morgan fingerprint density at radius 1 is 1.36 bits per heavy atom. The highest BCUT2D eigenvalue weighted by atomic mass is 32.2. The molecule has 0 aliphatic carbocycles. The first-order valence-electron chi connectivity index (χ1n) is 6.73. The van der Waals surface area contributed by atoms with Gasteiger partial charge in [-0.15, -0.1) is 16.4 Å². The second-order valence-electron chi connectivity index (χ2n) is 4.88. The largest absolute Gasteiger partial charge is 0.408 e. The summed E-state index contributed by atoms with van der Waals surface area (Å²) in [4.78, 5) is 16.4. The highest BCUT2D eigenvalue weighted by Gasteiger charge is 2.13. The van der Waals surface area contributed by atoms with E-state index < -0.39 is 0 Å². The van der Waals surface area contributed by atoms with E-state index in [4.69, 9.17) is 4.42 Å². The van der Waals surface area contributed by atoms with E-state index in [1.807, 2.05) is 38.1 Å². The number of benzene rings is 1. The van der Waals surface area contributed by atoms with Gasteiger partial charge in [-0.3, -0.25) is 10.1 Å². The summed E-state index contributed by atoms with van der Waals surface area (Å²) in [7, 11) is 0. The summed E-state index contributed by atoms with van der Waals surface area (Å²) in [6.07, 6.45) is 0. The number of hydrogen-bond donors (Lipinski definition) is 1. The maximum atomic E-state index is 11.9. The van der Waals surface area contributed by atoms with Gasteiger partial charge < -0.3 is 4.42 Å². The van der Waals surface area contributed by atoms with Crippen molar-refractivity contribution in [1.82, 2.24) is 15.2 Å². The van der Waals surface area contributed by atoms with Crippen LogP contribution in [0.25, 0.3) is 10.2 Å². The summed E-state index contributed by atoms with van der Waals surface area (Å²) < 4.78 is 7.32. The lowest BCUT2D eigenvalue weighted by atomic mass is 10.2. The van der Waals surface area contributed by atoms with Crippen molar-refractivity contribution in [2.45, 2.75) is 24.1 Å². The van der Waals surface area contributed by atoms with Crippen LogP contribution in [0.3, 0.4) is 0 Å². The molecule has 2 aromatic heterocycles. The van der Waals surface area contributed by atoms with Gasteiger partial charge in [0.25, 0.3) is 0 Å². The van der Waals surface area contributed by atoms with Gasteiger partial charge in [-0.1, -0.05) is 42.8 Å². The monoisotopic (exact) mass is 334 g/mol. The van der Waals surface area contributed by atoms with Crippen molar-refractivity contribution in [3.63, 3.8) is 0 Å². The molecule has 8 heteroatoms. The highest BCUT2D eigenvalue weighted by molar-refractivity contribution is 8.01. The molecule has 1 N–H and O–H groups in total. The Morgan fingerprint density at radius 2 is 2.18 bits per heavy atom. The number of thiazole rings is 1. The first-order valence-corrected chi connectivity index (χ1v) is 8.53. The van der Waals surface area contributed by atoms with Crippen LogP contribution >= 0.6 is 23.1 Å². The van der Waals surface area contributed by atoms with Gasteiger partial charge in [-0.05, 0) is 12.1 Å².